The number of aromatic nitrogens is 2. The number of ether oxygens (including phenoxy) is 1. The number of amides is 1. The zero-order valence-electron chi connectivity index (χ0n) is 13.6. The van der Waals surface area contributed by atoms with Crippen LogP contribution in [0.15, 0.2) is 35.3 Å². The lowest BCUT2D eigenvalue weighted by Crippen LogP contribution is -2.55. The van der Waals surface area contributed by atoms with Crippen LogP contribution in [-0.4, -0.2) is 45.7 Å². The topological polar surface area (TPSA) is 64.4 Å². The Morgan fingerprint density at radius 2 is 2.08 bits per heavy atom. The SMILES string of the molecule is O=C(Cn1c(=O)cnc2ccccc21)N1CCO[C@@H]2CCCC[C@@H]21. The molecule has 2 fully saturated rings. The fourth-order valence-electron chi connectivity index (χ4n) is 3.91. The molecule has 6 heteroatoms. The molecule has 6 nitrogen and oxygen atoms in total. The molecule has 2 aliphatic rings. The molecule has 2 atom stereocenters. The molecule has 1 aliphatic heterocycles. The first-order valence-corrected chi connectivity index (χ1v) is 8.60. The molecular weight excluding hydrogens is 306 g/mol. The van der Waals surface area contributed by atoms with Crippen molar-refractivity contribution in [2.45, 2.75) is 44.4 Å². The molecule has 0 radical (unpaired) electrons. The molecule has 1 amide bonds. The summed E-state index contributed by atoms with van der Waals surface area (Å²) in [6, 6.07) is 7.57. The molecule has 0 unspecified atom stereocenters. The maximum absolute atomic E-state index is 12.9. The lowest BCUT2D eigenvalue weighted by atomic mass is 9.90. The second-order valence-electron chi connectivity index (χ2n) is 6.52. The summed E-state index contributed by atoms with van der Waals surface area (Å²) in [5, 5.41) is 0. The summed E-state index contributed by atoms with van der Waals surface area (Å²) in [5.74, 6) is -0.00588. The van der Waals surface area contributed by atoms with E-state index in [9.17, 15) is 9.59 Å². The van der Waals surface area contributed by atoms with Crippen LogP contribution in [0.1, 0.15) is 25.7 Å². The number of benzene rings is 1. The van der Waals surface area contributed by atoms with Gasteiger partial charge in [-0.15, -0.1) is 0 Å². The van der Waals surface area contributed by atoms with E-state index in [0.717, 1.165) is 31.2 Å². The summed E-state index contributed by atoms with van der Waals surface area (Å²) >= 11 is 0. The van der Waals surface area contributed by atoms with Crippen LogP contribution in [0, 0.1) is 0 Å². The zero-order chi connectivity index (χ0) is 16.5. The van der Waals surface area contributed by atoms with E-state index in [2.05, 4.69) is 4.98 Å². The molecule has 126 valence electrons. The minimum Gasteiger partial charge on any atom is -0.374 e. The number of morpholine rings is 1. The van der Waals surface area contributed by atoms with E-state index < -0.39 is 0 Å². The highest BCUT2D eigenvalue weighted by atomic mass is 16.5. The normalized spacial score (nSPS) is 23.9. The second-order valence-corrected chi connectivity index (χ2v) is 6.52. The van der Waals surface area contributed by atoms with Crippen molar-refractivity contribution in [3.63, 3.8) is 0 Å². The van der Waals surface area contributed by atoms with Gasteiger partial charge in [0.2, 0.25) is 5.91 Å². The molecule has 0 bridgehead atoms. The van der Waals surface area contributed by atoms with Gasteiger partial charge in [0.25, 0.3) is 5.56 Å². The van der Waals surface area contributed by atoms with Gasteiger partial charge in [-0.1, -0.05) is 25.0 Å². The monoisotopic (exact) mass is 327 g/mol. The molecule has 0 spiro atoms. The zero-order valence-corrected chi connectivity index (χ0v) is 13.6. The Morgan fingerprint density at radius 3 is 3.00 bits per heavy atom. The van der Waals surface area contributed by atoms with Crippen LogP contribution >= 0.6 is 0 Å². The summed E-state index contributed by atoms with van der Waals surface area (Å²) in [6.45, 7) is 1.25. The Hall–Kier alpha value is -2.21. The first-order valence-electron chi connectivity index (χ1n) is 8.60. The highest BCUT2D eigenvalue weighted by Gasteiger charge is 2.36. The van der Waals surface area contributed by atoms with Gasteiger partial charge in [0.15, 0.2) is 0 Å². The first-order chi connectivity index (χ1) is 11.7. The maximum atomic E-state index is 12.9. The highest BCUT2D eigenvalue weighted by Crippen LogP contribution is 2.28. The minimum atomic E-state index is -0.240. The summed E-state index contributed by atoms with van der Waals surface area (Å²) < 4.78 is 7.36. The lowest BCUT2D eigenvalue weighted by Gasteiger charge is -2.43. The van der Waals surface area contributed by atoms with E-state index in [4.69, 9.17) is 4.74 Å². The standard InChI is InChI=1S/C18H21N3O3/c22-17-11-19-13-5-1-2-6-14(13)21(17)12-18(23)20-9-10-24-16-8-4-3-7-15(16)20/h1-2,5-6,11,15-16H,3-4,7-10,12H2/t15-,16+/m0/s1. The average molecular weight is 327 g/mol. The molecule has 2 heterocycles. The number of carbonyl (C=O) groups excluding carboxylic acids is 1. The number of hydrogen-bond donors (Lipinski definition) is 0. The quantitative estimate of drug-likeness (QED) is 0.840. The molecule has 1 aliphatic carbocycles. The fourth-order valence-corrected chi connectivity index (χ4v) is 3.91. The summed E-state index contributed by atoms with van der Waals surface area (Å²) in [6.07, 6.45) is 5.75. The Kier molecular flexibility index (Phi) is 4.06. The van der Waals surface area contributed by atoms with Crippen molar-refractivity contribution in [1.82, 2.24) is 14.5 Å². The molecule has 4 rings (SSSR count). The number of hydrogen-bond acceptors (Lipinski definition) is 4. The van der Waals surface area contributed by atoms with Crippen LogP contribution in [0.25, 0.3) is 11.0 Å². The van der Waals surface area contributed by atoms with Gasteiger partial charge in [0, 0.05) is 6.54 Å². The van der Waals surface area contributed by atoms with Crippen molar-refractivity contribution in [3.05, 3.63) is 40.8 Å². The Morgan fingerprint density at radius 1 is 1.25 bits per heavy atom. The predicted molar refractivity (Wildman–Crippen MR) is 89.7 cm³/mol. The van der Waals surface area contributed by atoms with Gasteiger partial charge in [-0.25, -0.2) is 4.98 Å². The smallest absolute Gasteiger partial charge is 0.269 e. The minimum absolute atomic E-state index is 0.00588. The summed E-state index contributed by atoms with van der Waals surface area (Å²) in [5.41, 5.74) is 1.18. The molecular formula is C18H21N3O3. The van der Waals surface area contributed by atoms with Crippen LogP contribution < -0.4 is 5.56 Å². The molecule has 1 aromatic carbocycles. The van der Waals surface area contributed by atoms with Crippen LogP contribution in [0.4, 0.5) is 0 Å². The lowest BCUT2D eigenvalue weighted by molar-refractivity contribution is -0.150. The number of carbonyl (C=O) groups is 1. The van der Waals surface area contributed by atoms with Crippen LogP contribution in [0.3, 0.4) is 0 Å². The van der Waals surface area contributed by atoms with E-state index in [1.54, 1.807) is 0 Å². The van der Waals surface area contributed by atoms with Gasteiger partial charge in [-0.05, 0) is 25.0 Å². The van der Waals surface area contributed by atoms with E-state index >= 15 is 0 Å². The third kappa shape index (κ3) is 2.71. The number of fused-ring (bicyclic) bond motifs is 2. The van der Waals surface area contributed by atoms with Crippen molar-refractivity contribution in [1.29, 1.82) is 0 Å². The largest absolute Gasteiger partial charge is 0.374 e. The third-order valence-corrected chi connectivity index (χ3v) is 5.10. The van der Waals surface area contributed by atoms with Gasteiger partial charge in [0.1, 0.15) is 6.54 Å². The molecule has 2 aromatic rings. The molecule has 1 saturated carbocycles. The highest BCUT2D eigenvalue weighted by molar-refractivity contribution is 5.80. The van der Waals surface area contributed by atoms with E-state index in [1.165, 1.54) is 10.8 Å². The van der Waals surface area contributed by atoms with Crippen molar-refractivity contribution >= 4 is 16.9 Å². The van der Waals surface area contributed by atoms with Crippen molar-refractivity contribution in [2.24, 2.45) is 0 Å². The molecule has 1 saturated heterocycles. The Labute approximate surface area is 140 Å². The van der Waals surface area contributed by atoms with Crippen LogP contribution in [0.5, 0.6) is 0 Å². The van der Waals surface area contributed by atoms with E-state index in [-0.39, 0.29) is 30.2 Å². The molecule has 1 aromatic heterocycles. The van der Waals surface area contributed by atoms with E-state index in [1.807, 2.05) is 29.2 Å². The Balaban J connectivity index is 1.62. The third-order valence-electron chi connectivity index (χ3n) is 5.10. The van der Waals surface area contributed by atoms with Gasteiger partial charge >= 0.3 is 0 Å². The van der Waals surface area contributed by atoms with Crippen molar-refractivity contribution < 1.29 is 9.53 Å². The van der Waals surface area contributed by atoms with E-state index in [0.29, 0.717) is 18.7 Å². The van der Waals surface area contributed by atoms with Gasteiger partial charge < -0.3 is 9.64 Å². The second kappa shape index (κ2) is 6.36. The van der Waals surface area contributed by atoms with Crippen LogP contribution in [0.2, 0.25) is 0 Å². The summed E-state index contributed by atoms with van der Waals surface area (Å²) in [4.78, 5) is 31.2. The van der Waals surface area contributed by atoms with Crippen molar-refractivity contribution in [3.8, 4) is 0 Å². The number of para-hydroxylation sites is 2. The maximum Gasteiger partial charge on any atom is 0.269 e. The van der Waals surface area contributed by atoms with Gasteiger partial charge in [0.05, 0.1) is 36.0 Å². The van der Waals surface area contributed by atoms with Crippen LogP contribution in [-0.2, 0) is 16.1 Å². The Bertz CT molecular complexity index is 815. The number of rotatable bonds is 2. The predicted octanol–water partition coefficient (Wildman–Crippen LogP) is 1.57. The fraction of sp³-hybridized carbons (Fsp3) is 0.500. The van der Waals surface area contributed by atoms with Crippen molar-refractivity contribution in [2.75, 3.05) is 13.2 Å². The summed E-state index contributed by atoms with van der Waals surface area (Å²) in [7, 11) is 0. The van der Waals surface area contributed by atoms with Gasteiger partial charge in [-0.2, -0.15) is 0 Å². The first kappa shape index (κ1) is 15.3. The molecule has 0 N–H and O–H groups in total. The number of nitrogens with zero attached hydrogens (tertiary/aromatic N) is 3. The van der Waals surface area contributed by atoms with Gasteiger partial charge in [-0.3, -0.25) is 14.2 Å². The molecule has 24 heavy (non-hydrogen) atoms. The average Bonchev–Trinajstić information content (AvgIpc) is 2.63.